The largest absolute Gasteiger partial charge is 0.338 e. The SMILES string of the molecule is Cc1cc(C)c(C(C)N2CCN(c3ncccn3)CC2)c(C)c1. The predicted octanol–water partition coefficient (Wildman–Crippen LogP) is 3.29. The summed E-state index contributed by atoms with van der Waals surface area (Å²) in [7, 11) is 0. The van der Waals surface area contributed by atoms with Crippen molar-refractivity contribution >= 4 is 5.95 Å². The van der Waals surface area contributed by atoms with Crippen molar-refractivity contribution in [3.8, 4) is 0 Å². The number of aromatic nitrogens is 2. The molecule has 4 heteroatoms. The second kappa shape index (κ2) is 6.67. The lowest BCUT2D eigenvalue weighted by atomic mass is 9.93. The highest BCUT2D eigenvalue weighted by Crippen LogP contribution is 2.28. The van der Waals surface area contributed by atoms with E-state index in [1.165, 1.54) is 22.3 Å². The lowest BCUT2D eigenvalue weighted by Crippen LogP contribution is -2.47. The van der Waals surface area contributed by atoms with E-state index in [1.54, 1.807) is 0 Å². The second-order valence-corrected chi connectivity index (χ2v) is 6.56. The molecule has 122 valence electrons. The third-order valence-corrected chi connectivity index (χ3v) is 4.85. The second-order valence-electron chi connectivity index (χ2n) is 6.56. The van der Waals surface area contributed by atoms with Crippen LogP contribution in [0.4, 0.5) is 5.95 Å². The average Bonchev–Trinajstić information content (AvgIpc) is 2.55. The first-order valence-corrected chi connectivity index (χ1v) is 8.40. The minimum Gasteiger partial charge on any atom is -0.338 e. The maximum Gasteiger partial charge on any atom is 0.225 e. The first-order chi connectivity index (χ1) is 11.1. The zero-order valence-electron chi connectivity index (χ0n) is 14.6. The van der Waals surface area contributed by atoms with Gasteiger partial charge in [-0.1, -0.05) is 17.7 Å². The fraction of sp³-hybridized carbons (Fsp3) is 0.474. The first-order valence-electron chi connectivity index (χ1n) is 8.40. The van der Waals surface area contributed by atoms with Crippen molar-refractivity contribution in [3.05, 3.63) is 52.8 Å². The van der Waals surface area contributed by atoms with Crippen LogP contribution in [0.2, 0.25) is 0 Å². The van der Waals surface area contributed by atoms with Crippen LogP contribution in [0.5, 0.6) is 0 Å². The molecule has 0 radical (unpaired) electrons. The van der Waals surface area contributed by atoms with Crippen molar-refractivity contribution in [1.29, 1.82) is 0 Å². The van der Waals surface area contributed by atoms with Crippen molar-refractivity contribution in [2.24, 2.45) is 0 Å². The van der Waals surface area contributed by atoms with E-state index in [9.17, 15) is 0 Å². The van der Waals surface area contributed by atoms with E-state index in [2.05, 4.69) is 59.6 Å². The summed E-state index contributed by atoms with van der Waals surface area (Å²) in [4.78, 5) is 13.6. The molecule has 1 atom stereocenters. The number of piperazine rings is 1. The molecule has 1 unspecified atom stereocenters. The number of rotatable bonds is 3. The Morgan fingerprint density at radius 2 is 1.48 bits per heavy atom. The van der Waals surface area contributed by atoms with Gasteiger partial charge in [-0.25, -0.2) is 9.97 Å². The molecule has 1 aromatic carbocycles. The van der Waals surface area contributed by atoms with E-state index in [-0.39, 0.29) is 0 Å². The number of anilines is 1. The van der Waals surface area contributed by atoms with Crippen LogP contribution in [-0.4, -0.2) is 41.0 Å². The molecule has 2 heterocycles. The van der Waals surface area contributed by atoms with Crippen LogP contribution < -0.4 is 4.90 Å². The Kier molecular flexibility index (Phi) is 4.62. The fourth-order valence-electron chi connectivity index (χ4n) is 3.80. The third-order valence-electron chi connectivity index (χ3n) is 4.85. The number of hydrogen-bond acceptors (Lipinski definition) is 4. The van der Waals surface area contributed by atoms with Crippen molar-refractivity contribution in [2.75, 3.05) is 31.1 Å². The Labute approximate surface area is 139 Å². The van der Waals surface area contributed by atoms with Gasteiger partial charge in [0.25, 0.3) is 0 Å². The van der Waals surface area contributed by atoms with Gasteiger partial charge in [0.05, 0.1) is 0 Å². The summed E-state index contributed by atoms with van der Waals surface area (Å²) < 4.78 is 0. The zero-order valence-corrected chi connectivity index (χ0v) is 14.6. The monoisotopic (exact) mass is 310 g/mol. The van der Waals surface area contributed by atoms with E-state index < -0.39 is 0 Å². The highest BCUT2D eigenvalue weighted by molar-refractivity contribution is 5.39. The number of nitrogens with zero attached hydrogens (tertiary/aromatic N) is 4. The molecule has 1 aliphatic heterocycles. The summed E-state index contributed by atoms with van der Waals surface area (Å²) >= 11 is 0. The summed E-state index contributed by atoms with van der Waals surface area (Å²) in [5, 5.41) is 0. The molecular formula is C19H26N4. The highest BCUT2D eigenvalue weighted by atomic mass is 15.3. The van der Waals surface area contributed by atoms with Gasteiger partial charge >= 0.3 is 0 Å². The molecule has 3 rings (SSSR count). The van der Waals surface area contributed by atoms with Crippen molar-refractivity contribution in [1.82, 2.24) is 14.9 Å². The van der Waals surface area contributed by atoms with Gasteiger partial charge in [-0.05, 0) is 50.5 Å². The number of benzene rings is 1. The molecule has 0 N–H and O–H groups in total. The average molecular weight is 310 g/mol. The smallest absolute Gasteiger partial charge is 0.225 e. The molecule has 1 fully saturated rings. The molecule has 2 aromatic rings. The summed E-state index contributed by atoms with van der Waals surface area (Å²) in [6.07, 6.45) is 3.63. The third kappa shape index (κ3) is 3.37. The topological polar surface area (TPSA) is 32.3 Å². The highest BCUT2D eigenvalue weighted by Gasteiger charge is 2.24. The normalized spacial score (nSPS) is 17.3. The van der Waals surface area contributed by atoms with Gasteiger partial charge in [-0.3, -0.25) is 4.90 Å². The van der Waals surface area contributed by atoms with Crippen LogP contribution in [0, 0.1) is 20.8 Å². The summed E-state index contributed by atoms with van der Waals surface area (Å²) in [5.74, 6) is 0.850. The van der Waals surface area contributed by atoms with E-state index >= 15 is 0 Å². The molecule has 0 bridgehead atoms. The Morgan fingerprint density at radius 3 is 2.04 bits per heavy atom. The van der Waals surface area contributed by atoms with Gasteiger partial charge in [0.2, 0.25) is 5.95 Å². The molecule has 0 saturated carbocycles. The predicted molar refractivity (Wildman–Crippen MR) is 94.9 cm³/mol. The summed E-state index contributed by atoms with van der Waals surface area (Å²) in [5.41, 5.74) is 5.65. The van der Waals surface area contributed by atoms with Gasteiger partial charge in [0.1, 0.15) is 0 Å². The van der Waals surface area contributed by atoms with Crippen LogP contribution in [0.15, 0.2) is 30.6 Å². The maximum absolute atomic E-state index is 4.36. The fourth-order valence-corrected chi connectivity index (χ4v) is 3.80. The zero-order chi connectivity index (χ0) is 16.4. The van der Waals surface area contributed by atoms with E-state index in [4.69, 9.17) is 0 Å². The minimum atomic E-state index is 0.453. The van der Waals surface area contributed by atoms with Gasteiger partial charge in [-0.2, -0.15) is 0 Å². The first kappa shape index (κ1) is 15.9. The van der Waals surface area contributed by atoms with Crippen LogP contribution in [-0.2, 0) is 0 Å². The molecule has 0 spiro atoms. The van der Waals surface area contributed by atoms with Crippen LogP contribution in [0.25, 0.3) is 0 Å². The van der Waals surface area contributed by atoms with E-state index in [0.717, 1.165) is 32.1 Å². The van der Waals surface area contributed by atoms with Crippen molar-refractivity contribution < 1.29 is 0 Å². The van der Waals surface area contributed by atoms with Crippen molar-refractivity contribution in [2.45, 2.75) is 33.7 Å². The molecule has 4 nitrogen and oxygen atoms in total. The van der Waals surface area contributed by atoms with E-state index in [0.29, 0.717) is 6.04 Å². The van der Waals surface area contributed by atoms with Crippen LogP contribution in [0.3, 0.4) is 0 Å². The Morgan fingerprint density at radius 1 is 0.913 bits per heavy atom. The molecular weight excluding hydrogens is 284 g/mol. The molecule has 23 heavy (non-hydrogen) atoms. The quantitative estimate of drug-likeness (QED) is 0.871. The Bertz CT molecular complexity index is 637. The molecule has 1 saturated heterocycles. The number of hydrogen-bond donors (Lipinski definition) is 0. The molecule has 0 aliphatic carbocycles. The summed E-state index contributed by atoms with van der Waals surface area (Å²) in [6, 6.07) is 6.92. The van der Waals surface area contributed by atoms with Crippen LogP contribution in [0.1, 0.15) is 35.2 Å². The van der Waals surface area contributed by atoms with Crippen molar-refractivity contribution in [3.63, 3.8) is 0 Å². The Balaban J connectivity index is 1.70. The van der Waals surface area contributed by atoms with Gasteiger partial charge in [0, 0.05) is 44.6 Å². The number of aryl methyl sites for hydroxylation is 3. The van der Waals surface area contributed by atoms with E-state index in [1.807, 2.05) is 18.5 Å². The van der Waals surface area contributed by atoms with Gasteiger partial charge < -0.3 is 4.90 Å². The summed E-state index contributed by atoms with van der Waals surface area (Å²) in [6.45, 7) is 13.0. The minimum absolute atomic E-state index is 0.453. The van der Waals surface area contributed by atoms with Gasteiger partial charge in [-0.15, -0.1) is 0 Å². The molecule has 1 aromatic heterocycles. The standard InChI is InChI=1S/C19H26N4/c1-14-12-15(2)18(16(3)13-14)17(4)22-8-10-23(11-9-22)19-20-6-5-7-21-19/h5-7,12-13,17H,8-11H2,1-4H3. The Hall–Kier alpha value is -1.94. The van der Waals surface area contributed by atoms with Gasteiger partial charge in [0.15, 0.2) is 0 Å². The molecule has 1 aliphatic rings. The van der Waals surface area contributed by atoms with Crippen LogP contribution >= 0.6 is 0 Å². The lowest BCUT2D eigenvalue weighted by Gasteiger charge is -2.39. The maximum atomic E-state index is 4.36. The lowest BCUT2D eigenvalue weighted by molar-refractivity contribution is 0.196. The molecule has 0 amide bonds.